The molecule has 0 spiro atoms. The van der Waals surface area contributed by atoms with Crippen LogP contribution in [0.1, 0.15) is 9.78 Å². The van der Waals surface area contributed by atoms with Gasteiger partial charge in [-0.1, -0.05) is 18.2 Å². The summed E-state index contributed by atoms with van der Waals surface area (Å²) in [4.78, 5) is 0. The van der Waals surface area contributed by atoms with Crippen LogP contribution in [-0.2, 0) is 0 Å². The van der Waals surface area contributed by atoms with Crippen LogP contribution in [0.2, 0.25) is 0 Å². The molecule has 0 amide bonds. The molecule has 1 rings (SSSR count). The van der Waals surface area contributed by atoms with Crippen molar-refractivity contribution >= 4 is 0 Å². The Morgan fingerprint density at radius 3 is 2.17 bits per heavy atom. The van der Waals surface area contributed by atoms with Crippen molar-refractivity contribution in [2.24, 2.45) is 0 Å². The van der Waals surface area contributed by atoms with Crippen LogP contribution in [-0.4, -0.2) is 11.4 Å². The second-order valence-corrected chi connectivity index (χ2v) is 2.03. The van der Waals surface area contributed by atoms with Crippen molar-refractivity contribution in [1.29, 1.82) is 0 Å². The van der Waals surface area contributed by atoms with E-state index >= 15 is 0 Å². The number of aliphatic hydroxyl groups is 1. The zero-order valence-electron chi connectivity index (χ0n) is 9.82. The van der Waals surface area contributed by atoms with E-state index in [0.29, 0.717) is 5.75 Å². The van der Waals surface area contributed by atoms with E-state index in [1.54, 1.807) is 19.1 Å². The number of hydrogen-bond acceptors (Lipinski definition) is 2. The van der Waals surface area contributed by atoms with Gasteiger partial charge in [0.25, 0.3) is 0 Å². The number of para-hydroxylation sites is 1. The van der Waals surface area contributed by atoms with Gasteiger partial charge in [-0.3, -0.25) is 0 Å². The summed E-state index contributed by atoms with van der Waals surface area (Å²) in [5.41, 5.74) is 0. The first-order chi connectivity index (χ1) is 4.79. The number of rotatable bonds is 2. The molecule has 0 bridgehead atoms. The molecule has 0 heterocycles. The van der Waals surface area contributed by atoms with Crippen LogP contribution in [0.5, 0.6) is 5.75 Å². The predicted molar refractivity (Wildman–Crippen MR) is 41.0 cm³/mol. The van der Waals surface area contributed by atoms with Gasteiger partial charge in [0.1, 0.15) is 5.75 Å². The molecule has 0 aliphatic rings. The molecule has 1 atom stereocenters. The molecule has 1 unspecified atom stereocenters. The topological polar surface area (TPSA) is 29.5 Å². The molecule has 58 valence electrons. The van der Waals surface area contributed by atoms with Gasteiger partial charge in [-0.2, -0.15) is 0 Å². The third kappa shape index (κ3) is 6.49. The zero-order chi connectivity index (χ0) is 7.40. The summed E-state index contributed by atoms with van der Waals surface area (Å²) in [6.07, 6.45) is -0.734. The van der Waals surface area contributed by atoms with Crippen LogP contribution >= 0.6 is 0 Å². The Hall–Kier alpha value is 0.980. The smallest absolute Gasteiger partial charge is 1.00 e. The van der Waals surface area contributed by atoms with E-state index in [0.717, 1.165) is 0 Å². The van der Waals surface area contributed by atoms with Crippen molar-refractivity contribution in [3.05, 3.63) is 30.3 Å². The standard InChI is InChI=1S/C8H10O2.2Na.2H/c1-7(9)10-8-5-3-2-4-6-8;;;;/h2-7,9H,1H3;;;;/q;2*+1;2*-1. The van der Waals surface area contributed by atoms with Gasteiger partial charge in [0.15, 0.2) is 6.29 Å². The van der Waals surface area contributed by atoms with Gasteiger partial charge in [0, 0.05) is 0 Å². The number of hydrogen-bond donors (Lipinski definition) is 1. The summed E-state index contributed by atoms with van der Waals surface area (Å²) < 4.78 is 4.97. The maximum absolute atomic E-state index is 8.78. The van der Waals surface area contributed by atoms with E-state index in [1.807, 2.05) is 18.2 Å². The van der Waals surface area contributed by atoms with Crippen LogP contribution in [0, 0.1) is 0 Å². The van der Waals surface area contributed by atoms with Crippen LogP contribution in [0.4, 0.5) is 0 Å². The molecule has 0 fully saturated rings. The van der Waals surface area contributed by atoms with Crippen LogP contribution < -0.4 is 63.9 Å². The van der Waals surface area contributed by atoms with Crippen molar-refractivity contribution in [1.82, 2.24) is 0 Å². The van der Waals surface area contributed by atoms with Crippen molar-refractivity contribution in [3.8, 4) is 5.75 Å². The second-order valence-electron chi connectivity index (χ2n) is 2.03. The van der Waals surface area contributed by atoms with Gasteiger partial charge < -0.3 is 12.7 Å². The van der Waals surface area contributed by atoms with E-state index < -0.39 is 6.29 Å². The molecular formula is C8H12Na2O2. The molecule has 0 saturated heterocycles. The first-order valence-electron chi connectivity index (χ1n) is 3.19. The molecule has 0 aliphatic heterocycles. The normalized spacial score (nSPS) is 10.5. The number of ether oxygens (including phenoxy) is 1. The van der Waals surface area contributed by atoms with E-state index in [2.05, 4.69) is 0 Å². The zero-order valence-corrected chi connectivity index (χ0v) is 11.8. The second kappa shape index (κ2) is 8.57. The van der Waals surface area contributed by atoms with Crippen LogP contribution in [0.15, 0.2) is 30.3 Å². The Morgan fingerprint density at radius 2 is 1.75 bits per heavy atom. The molecule has 12 heavy (non-hydrogen) atoms. The van der Waals surface area contributed by atoms with Gasteiger partial charge in [0.05, 0.1) is 0 Å². The summed E-state index contributed by atoms with van der Waals surface area (Å²) in [6, 6.07) is 9.21. The molecule has 1 aromatic carbocycles. The van der Waals surface area contributed by atoms with Gasteiger partial charge in [0.2, 0.25) is 0 Å². The molecule has 0 saturated carbocycles. The molecule has 1 N–H and O–H groups in total. The summed E-state index contributed by atoms with van der Waals surface area (Å²) in [6.45, 7) is 1.58. The average molecular weight is 186 g/mol. The largest absolute Gasteiger partial charge is 1.00 e. The van der Waals surface area contributed by atoms with Crippen LogP contribution in [0.25, 0.3) is 0 Å². The minimum Gasteiger partial charge on any atom is -1.00 e. The first-order valence-corrected chi connectivity index (χ1v) is 3.19. The van der Waals surface area contributed by atoms with E-state index in [1.165, 1.54) is 0 Å². The average Bonchev–Trinajstić information content (AvgIpc) is 1.88. The Morgan fingerprint density at radius 1 is 1.25 bits per heavy atom. The Bertz CT molecular complexity index is 198. The van der Waals surface area contributed by atoms with E-state index in [4.69, 9.17) is 9.84 Å². The Balaban J connectivity index is -0.000000125. The minimum atomic E-state index is -0.734. The van der Waals surface area contributed by atoms with Gasteiger partial charge >= 0.3 is 59.1 Å². The van der Waals surface area contributed by atoms with E-state index in [9.17, 15) is 0 Å². The molecular weight excluding hydrogens is 174 g/mol. The molecule has 1 aromatic rings. The van der Waals surface area contributed by atoms with Gasteiger partial charge in [-0.25, -0.2) is 0 Å². The summed E-state index contributed by atoms with van der Waals surface area (Å²) in [7, 11) is 0. The number of benzene rings is 1. The minimum absolute atomic E-state index is 0. The quantitative estimate of drug-likeness (QED) is 0.373. The van der Waals surface area contributed by atoms with Crippen LogP contribution in [0.3, 0.4) is 0 Å². The fourth-order valence-corrected chi connectivity index (χ4v) is 0.696. The third-order valence-corrected chi connectivity index (χ3v) is 1.05. The van der Waals surface area contributed by atoms with Gasteiger partial charge in [-0.15, -0.1) is 0 Å². The van der Waals surface area contributed by atoms with Crippen molar-refractivity contribution in [2.75, 3.05) is 0 Å². The summed E-state index contributed by atoms with van der Waals surface area (Å²) >= 11 is 0. The predicted octanol–water partition coefficient (Wildman–Crippen LogP) is -4.36. The van der Waals surface area contributed by atoms with Crippen molar-refractivity contribution in [2.45, 2.75) is 13.2 Å². The SMILES string of the molecule is CC(O)Oc1ccccc1.[H-].[H-].[Na+].[Na+]. The fraction of sp³-hybridized carbons (Fsp3) is 0.250. The molecule has 0 aromatic heterocycles. The van der Waals surface area contributed by atoms with Crippen molar-refractivity contribution < 1.29 is 71.8 Å². The summed E-state index contributed by atoms with van der Waals surface area (Å²) in [5, 5.41) is 8.78. The molecule has 0 aliphatic carbocycles. The first kappa shape index (κ1) is 15.5. The maximum Gasteiger partial charge on any atom is 1.00 e. The maximum atomic E-state index is 8.78. The number of aliphatic hydroxyl groups excluding tert-OH is 1. The molecule has 4 heteroatoms. The molecule has 2 nitrogen and oxygen atoms in total. The monoisotopic (exact) mass is 186 g/mol. The van der Waals surface area contributed by atoms with Gasteiger partial charge in [-0.05, 0) is 19.1 Å². The third-order valence-electron chi connectivity index (χ3n) is 1.05. The summed E-state index contributed by atoms with van der Waals surface area (Å²) in [5.74, 6) is 0.692. The fourth-order valence-electron chi connectivity index (χ4n) is 0.696. The van der Waals surface area contributed by atoms with Crippen molar-refractivity contribution in [3.63, 3.8) is 0 Å². The van der Waals surface area contributed by atoms with E-state index in [-0.39, 0.29) is 62.0 Å². The Labute approximate surface area is 120 Å². The Kier molecular flexibility index (Phi) is 11.0. The molecule has 0 radical (unpaired) electrons.